The maximum absolute atomic E-state index is 12.6. The Kier molecular flexibility index (Phi) is 4.66. The molecule has 1 aromatic rings. The van der Waals surface area contributed by atoms with Crippen molar-refractivity contribution in [3.8, 4) is 0 Å². The lowest BCUT2D eigenvalue weighted by atomic mass is 9.84. The number of anilines is 1. The Morgan fingerprint density at radius 1 is 1.21 bits per heavy atom. The first-order chi connectivity index (χ1) is 11.7. The second kappa shape index (κ2) is 6.90. The highest BCUT2D eigenvalue weighted by molar-refractivity contribution is 7.99. The summed E-state index contributed by atoms with van der Waals surface area (Å²) >= 11 is 2.00. The predicted octanol–water partition coefficient (Wildman–Crippen LogP) is 2.43. The number of aryl methyl sites for hydroxylation is 1. The van der Waals surface area contributed by atoms with Crippen molar-refractivity contribution in [1.82, 2.24) is 14.9 Å². The highest BCUT2D eigenvalue weighted by atomic mass is 32.2. The van der Waals surface area contributed by atoms with Gasteiger partial charge in [0.15, 0.2) is 0 Å². The molecule has 1 N–H and O–H groups in total. The van der Waals surface area contributed by atoms with Crippen molar-refractivity contribution in [3.63, 3.8) is 0 Å². The zero-order valence-electron chi connectivity index (χ0n) is 14.4. The summed E-state index contributed by atoms with van der Waals surface area (Å²) in [6.07, 6.45) is 6.29. The Labute approximate surface area is 148 Å². The summed E-state index contributed by atoms with van der Waals surface area (Å²) < 4.78 is 0. The summed E-state index contributed by atoms with van der Waals surface area (Å²) in [4.78, 5) is 24.0. The van der Waals surface area contributed by atoms with E-state index in [1.54, 1.807) is 0 Å². The Balaban J connectivity index is 1.52. The molecular formula is C18H26N4OS. The number of hydrogen-bond acceptors (Lipinski definition) is 5. The fourth-order valence-electron chi connectivity index (χ4n) is 3.82. The van der Waals surface area contributed by atoms with Crippen molar-refractivity contribution >= 4 is 23.5 Å². The minimum atomic E-state index is 0.284. The SMILES string of the molecule is Cc1nc2c(c(NC3CCSC3)n1)CCN(C(=O)C1CCC1)CC2. The summed E-state index contributed by atoms with van der Waals surface area (Å²) in [7, 11) is 0. The van der Waals surface area contributed by atoms with E-state index in [9.17, 15) is 4.79 Å². The van der Waals surface area contributed by atoms with Crippen molar-refractivity contribution in [2.75, 3.05) is 29.9 Å². The molecule has 6 heteroatoms. The van der Waals surface area contributed by atoms with E-state index in [1.807, 2.05) is 18.7 Å². The van der Waals surface area contributed by atoms with Crippen molar-refractivity contribution in [2.45, 2.75) is 51.5 Å². The van der Waals surface area contributed by atoms with Crippen LogP contribution in [0.4, 0.5) is 5.82 Å². The lowest BCUT2D eigenvalue weighted by molar-refractivity contribution is -0.138. The molecule has 1 aliphatic carbocycles. The third-order valence-electron chi connectivity index (χ3n) is 5.49. The van der Waals surface area contributed by atoms with Crippen LogP contribution in [-0.2, 0) is 17.6 Å². The highest BCUT2D eigenvalue weighted by Crippen LogP contribution is 2.30. The number of fused-ring (bicyclic) bond motifs is 1. The Hall–Kier alpha value is -1.30. The molecule has 2 aliphatic heterocycles. The number of carbonyl (C=O) groups excluding carboxylic acids is 1. The number of aromatic nitrogens is 2. The van der Waals surface area contributed by atoms with Crippen molar-refractivity contribution in [2.24, 2.45) is 5.92 Å². The predicted molar refractivity (Wildman–Crippen MR) is 97.5 cm³/mol. The molecule has 2 fully saturated rings. The molecule has 5 nitrogen and oxygen atoms in total. The Bertz CT molecular complexity index is 626. The quantitative estimate of drug-likeness (QED) is 0.911. The zero-order chi connectivity index (χ0) is 16.5. The molecule has 24 heavy (non-hydrogen) atoms. The summed E-state index contributed by atoms with van der Waals surface area (Å²) in [5.41, 5.74) is 2.38. The number of rotatable bonds is 3. The van der Waals surface area contributed by atoms with Crippen LogP contribution >= 0.6 is 11.8 Å². The summed E-state index contributed by atoms with van der Waals surface area (Å²) in [6.45, 7) is 3.58. The van der Waals surface area contributed by atoms with E-state index in [0.29, 0.717) is 11.9 Å². The number of nitrogens with one attached hydrogen (secondary N) is 1. The molecule has 1 unspecified atom stereocenters. The minimum Gasteiger partial charge on any atom is -0.366 e. The van der Waals surface area contributed by atoms with E-state index in [-0.39, 0.29) is 5.92 Å². The zero-order valence-corrected chi connectivity index (χ0v) is 15.2. The second-order valence-corrected chi connectivity index (χ2v) is 8.35. The Morgan fingerprint density at radius 2 is 2.04 bits per heavy atom. The molecule has 0 aromatic carbocycles. The van der Waals surface area contributed by atoms with Gasteiger partial charge >= 0.3 is 0 Å². The van der Waals surface area contributed by atoms with Gasteiger partial charge in [-0.1, -0.05) is 6.42 Å². The molecule has 0 bridgehead atoms. The van der Waals surface area contributed by atoms with Gasteiger partial charge in [0.2, 0.25) is 5.91 Å². The van der Waals surface area contributed by atoms with Gasteiger partial charge in [-0.25, -0.2) is 9.97 Å². The number of hydrogen-bond donors (Lipinski definition) is 1. The smallest absolute Gasteiger partial charge is 0.225 e. The Morgan fingerprint density at radius 3 is 2.75 bits per heavy atom. The van der Waals surface area contributed by atoms with Crippen LogP contribution in [0.25, 0.3) is 0 Å². The van der Waals surface area contributed by atoms with Gasteiger partial charge in [0.05, 0.1) is 5.69 Å². The molecule has 1 atom stereocenters. The monoisotopic (exact) mass is 346 g/mol. The van der Waals surface area contributed by atoms with Gasteiger partial charge in [-0.15, -0.1) is 0 Å². The van der Waals surface area contributed by atoms with Gasteiger partial charge in [0.25, 0.3) is 0 Å². The van der Waals surface area contributed by atoms with Crippen LogP contribution in [0.3, 0.4) is 0 Å². The van der Waals surface area contributed by atoms with E-state index in [1.165, 1.54) is 24.2 Å². The fourth-order valence-corrected chi connectivity index (χ4v) is 4.97. The van der Waals surface area contributed by atoms with Gasteiger partial charge in [0.1, 0.15) is 11.6 Å². The van der Waals surface area contributed by atoms with Gasteiger partial charge in [-0.05, 0) is 38.4 Å². The first kappa shape index (κ1) is 16.2. The molecule has 1 amide bonds. The van der Waals surface area contributed by atoms with Gasteiger partial charge in [0, 0.05) is 42.8 Å². The van der Waals surface area contributed by atoms with Crippen LogP contribution in [0.5, 0.6) is 0 Å². The topological polar surface area (TPSA) is 58.1 Å². The molecule has 130 valence electrons. The van der Waals surface area contributed by atoms with Crippen molar-refractivity contribution in [3.05, 3.63) is 17.1 Å². The average Bonchev–Trinajstić information content (AvgIpc) is 2.90. The summed E-state index contributed by atoms with van der Waals surface area (Å²) in [6, 6.07) is 0.518. The average molecular weight is 347 g/mol. The summed E-state index contributed by atoms with van der Waals surface area (Å²) in [5.74, 6) is 4.88. The number of amides is 1. The number of nitrogens with zero attached hydrogens (tertiary/aromatic N) is 3. The molecule has 3 heterocycles. The van der Waals surface area contributed by atoms with Crippen molar-refractivity contribution in [1.29, 1.82) is 0 Å². The first-order valence-electron chi connectivity index (χ1n) is 9.20. The third kappa shape index (κ3) is 3.25. The van der Waals surface area contributed by atoms with Crippen LogP contribution in [0.2, 0.25) is 0 Å². The third-order valence-corrected chi connectivity index (χ3v) is 6.65. The standard InChI is InChI=1S/C18H26N4OS/c1-12-19-16-6-9-22(18(23)13-3-2-4-13)8-5-15(16)17(20-12)21-14-7-10-24-11-14/h13-14H,2-11H2,1H3,(H,19,20,21). The number of carbonyl (C=O) groups is 1. The molecule has 1 saturated heterocycles. The molecule has 0 spiro atoms. The number of thioether (sulfide) groups is 1. The molecule has 3 aliphatic rings. The van der Waals surface area contributed by atoms with Crippen LogP contribution in [0.15, 0.2) is 0 Å². The van der Waals surface area contributed by atoms with E-state index < -0.39 is 0 Å². The first-order valence-corrected chi connectivity index (χ1v) is 10.4. The minimum absolute atomic E-state index is 0.284. The largest absolute Gasteiger partial charge is 0.366 e. The van der Waals surface area contributed by atoms with Crippen LogP contribution in [-0.4, -0.2) is 51.4 Å². The molecule has 1 saturated carbocycles. The van der Waals surface area contributed by atoms with Gasteiger partial charge in [-0.3, -0.25) is 4.79 Å². The van der Waals surface area contributed by atoms with Crippen LogP contribution in [0, 0.1) is 12.8 Å². The van der Waals surface area contributed by atoms with E-state index in [4.69, 9.17) is 0 Å². The normalized spacial score (nSPS) is 24.2. The summed E-state index contributed by atoms with van der Waals surface area (Å²) in [5, 5.41) is 3.65. The van der Waals surface area contributed by atoms with Crippen LogP contribution < -0.4 is 5.32 Å². The van der Waals surface area contributed by atoms with Gasteiger partial charge < -0.3 is 10.2 Å². The van der Waals surface area contributed by atoms with Crippen LogP contribution in [0.1, 0.15) is 42.8 Å². The lowest BCUT2D eigenvalue weighted by Crippen LogP contribution is -2.40. The molecular weight excluding hydrogens is 320 g/mol. The molecule has 1 aromatic heterocycles. The lowest BCUT2D eigenvalue weighted by Gasteiger charge is -2.30. The molecule has 4 rings (SSSR count). The fraction of sp³-hybridized carbons (Fsp3) is 0.722. The highest BCUT2D eigenvalue weighted by Gasteiger charge is 2.31. The maximum Gasteiger partial charge on any atom is 0.225 e. The maximum atomic E-state index is 12.6. The van der Waals surface area contributed by atoms with E-state index in [2.05, 4.69) is 20.2 Å². The molecule has 0 radical (unpaired) electrons. The van der Waals surface area contributed by atoms with E-state index in [0.717, 1.165) is 61.9 Å². The van der Waals surface area contributed by atoms with Gasteiger partial charge in [-0.2, -0.15) is 11.8 Å². The van der Waals surface area contributed by atoms with Crippen molar-refractivity contribution < 1.29 is 4.79 Å². The second-order valence-electron chi connectivity index (χ2n) is 7.20. The van der Waals surface area contributed by atoms with E-state index >= 15 is 0 Å².